The molecule has 0 saturated carbocycles. The molecule has 0 atom stereocenters. The number of rotatable bonds is 4. The summed E-state index contributed by atoms with van der Waals surface area (Å²) < 4.78 is 34.6. The van der Waals surface area contributed by atoms with Crippen LogP contribution in [0.3, 0.4) is 0 Å². The number of hydrogen-bond acceptors (Lipinski definition) is 6. The summed E-state index contributed by atoms with van der Waals surface area (Å²) >= 11 is 0. The summed E-state index contributed by atoms with van der Waals surface area (Å²) in [6.07, 6.45) is -2.77. The molecule has 0 bridgehead atoms. The first-order valence-corrected chi connectivity index (χ1v) is 9.94. The SMILES string of the molecule is Nc1ccc(-c2cc(N3CCOCC3)nc(-n3c(C(F)F)nc4ccccc43)n2)cc1. The van der Waals surface area contributed by atoms with E-state index in [0.717, 1.165) is 5.56 Å². The molecule has 5 rings (SSSR count). The van der Waals surface area contributed by atoms with Crippen molar-refractivity contribution >= 4 is 22.5 Å². The van der Waals surface area contributed by atoms with E-state index in [-0.39, 0.29) is 11.8 Å². The lowest BCUT2D eigenvalue weighted by Gasteiger charge is -2.28. The van der Waals surface area contributed by atoms with Gasteiger partial charge in [-0.05, 0) is 24.3 Å². The Morgan fingerprint density at radius 2 is 1.68 bits per heavy atom. The standard InChI is InChI=1S/C22H20F2N6O/c23-20(24)21-26-16-3-1-2-4-18(16)30(21)22-27-17(14-5-7-15(25)8-6-14)13-19(28-22)29-9-11-31-12-10-29/h1-8,13,20H,9-12,25H2. The van der Waals surface area contributed by atoms with Gasteiger partial charge in [-0.25, -0.2) is 18.7 Å². The number of imidazole rings is 1. The molecule has 0 radical (unpaired) electrons. The second kappa shape index (κ2) is 7.92. The predicted molar refractivity (Wildman–Crippen MR) is 114 cm³/mol. The molecule has 31 heavy (non-hydrogen) atoms. The molecule has 1 saturated heterocycles. The fourth-order valence-corrected chi connectivity index (χ4v) is 3.68. The van der Waals surface area contributed by atoms with E-state index in [1.54, 1.807) is 36.4 Å². The average Bonchev–Trinajstić information content (AvgIpc) is 3.20. The number of aromatic nitrogens is 4. The summed E-state index contributed by atoms with van der Waals surface area (Å²) in [4.78, 5) is 15.5. The van der Waals surface area contributed by atoms with Crippen molar-refractivity contribution in [1.29, 1.82) is 0 Å². The van der Waals surface area contributed by atoms with Crippen LogP contribution in [0.4, 0.5) is 20.3 Å². The molecule has 7 nitrogen and oxygen atoms in total. The molecule has 2 aromatic carbocycles. The first-order valence-electron chi connectivity index (χ1n) is 9.94. The number of para-hydroxylation sites is 2. The van der Waals surface area contributed by atoms with Gasteiger partial charge in [0.25, 0.3) is 6.43 Å². The lowest BCUT2D eigenvalue weighted by Crippen LogP contribution is -2.37. The summed E-state index contributed by atoms with van der Waals surface area (Å²) in [7, 11) is 0. The van der Waals surface area contributed by atoms with Gasteiger partial charge in [-0.2, -0.15) is 4.98 Å². The monoisotopic (exact) mass is 422 g/mol. The van der Waals surface area contributed by atoms with E-state index in [4.69, 9.17) is 10.5 Å². The lowest BCUT2D eigenvalue weighted by atomic mass is 10.1. The molecule has 0 spiro atoms. The first-order chi connectivity index (χ1) is 15.1. The van der Waals surface area contributed by atoms with Crippen LogP contribution in [0.15, 0.2) is 54.6 Å². The second-order valence-electron chi connectivity index (χ2n) is 7.23. The Morgan fingerprint density at radius 3 is 2.42 bits per heavy atom. The highest BCUT2D eigenvalue weighted by molar-refractivity contribution is 5.78. The van der Waals surface area contributed by atoms with Crippen molar-refractivity contribution in [2.24, 2.45) is 0 Å². The van der Waals surface area contributed by atoms with Gasteiger partial charge in [0.05, 0.1) is 29.9 Å². The largest absolute Gasteiger partial charge is 0.399 e. The molecule has 158 valence electrons. The van der Waals surface area contributed by atoms with E-state index in [2.05, 4.69) is 19.9 Å². The number of halogens is 2. The molecule has 2 aromatic heterocycles. The van der Waals surface area contributed by atoms with Crippen molar-refractivity contribution in [2.75, 3.05) is 36.9 Å². The number of ether oxygens (including phenoxy) is 1. The molecule has 4 aromatic rings. The molecule has 9 heteroatoms. The molecule has 0 unspecified atom stereocenters. The third kappa shape index (κ3) is 3.68. The molecule has 2 N–H and O–H groups in total. The smallest absolute Gasteiger partial charge is 0.296 e. The van der Waals surface area contributed by atoms with Gasteiger partial charge in [-0.3, -0.25) is 4.57 Å². The van der Waals surface area contributed by atoms with Gasteiger partial charge in [0.2, 0.25) is 5.95 Å². The maximum atomic E-state index is 13.9. The van der Waals surface area contributed by atoms with Crippen LogP contribution >= 0.6 is 0 Å². The van der Waals surface area contributed by atoms with Crippen LogP contribution in [0.5, 0.6) is 0 Å². The Kier molecular flexibility index (Phi) is 4.95. The van der Waals surface area contributed by atoms with Crippen molar-refractivity contribution in [3.05, 3.63) is 60.4 Å². The quantitative estimate of drug-likeness (QED) is 0.503. The molecule has 1 aliphatic rings. The predicted octanol–water partition coefficient (Wildman–Crippen LogP) is 3.84. The molecule has 3 heterocycles. The Morgan fingerprint density at radius 1 is 0.935 bits per heavy atom. The number of benzene rings is 2. The van der Waals surface area contributed by atoms with E-state index < -0.39 is 6.43 Å². The normalized spacial score (nSPS) is 14.5. The number of anilines is 2. The number of nitrogens with two attached hydrogens (primary N) is 1. The number of hydrogen-bond donors (Lipinski definition) is 1. The van der Waals surface area contributed by atoms with E-state index in [1.807, 2.05) is 18.2 Å². The van der Waals surface area contributed by atoms with Crippen LogP contribution in [0.2, 0.25) is 0 Å². The maximum Gasteiger partial charge on any atom is 0.296 e. The molecule has 1 fully saturated rings. The minimum Gasteiger partial charge on any atom is -0.399 e. The van der Waals surface area contributed by atoms with Gasteiger partial charge in [0, 0.05) is 30.4 Å². The third-order valence-corrected chi connectivity index (χ3v) is 5.22. The minimum atomic E-state index is -2.77. The van der Waals surface area contributed by atoms with Crippen molar-refractivity contribution in [3.8, 4) is 17.2 Å². The van der Waals surface area contributed by atoms with E-state index >= 15 is 0 Å². The summed E-state index contributed by atoms with van der Waals surface area (Å²) in [5, 5.41) is 0. The van der Waals surface area contributed by atoms with Gasteiger partial charge in [0.1, 0.15) is 5.82 Å². The van der Waals surface area contributed by atoms with Crippen LogP contribution in [-0.2, 0) is 4.74 Å². The van der Waals surface area contributed by atoms with Crippen LogP contribution in [0.1, 0.15) is 12.2 Å². The molecule has 0 amide bonds. The fourth-order valence-electron chi connectivity index (χ4n) is 3.68. The van der Waals surface area contributed by atoms with Gasteiger partial charge in [-0.1, -0.05) is 24.3 Å². The van der Waals surface area contributed by atoms with Gasteiger partial charge < -0.3 is 15.4 Å². The van der Waals surface area contributed by atoms with Crippen LogP contribution in [0.25, 0.3) is 28.2 Å². The van der Waals surface area contributed by atoms with Gasteiger partial charge in [-0.15, -0.1) is 0 Å². The minimum absolute atomic E-state index is 0.153. The van der Waals surface area contributed by atoms with Gasteiger partial charge >= 0.3 is 0 Å². The van der Waals surface area contributed by atoms with E-state index in [9.17, 15) is 8.78 Å². The highest BCUT2D eigenvalue weighted by Gasteiger charge is 2.23. The summed E-state index contributed by atoms with van der Waals surface area (Å²) in [5.41, 5.74) is 8.88. The number of morpholine rings is 1. The number of nitrogen functional groups attached to an aromatic ring is 1. The average molecular weight is 422 g/mol. The van der Waals surface area contributed by atoms with Crippen molar-refractivity contribution < 1.29 is 13.5 Å². The Hall–Kier alpha value is -3.59. The van der Waals surface area contributed by atoms with Crippen LogP contribution in [0, 0.1) is 0 Å². The third-order valence-electron chi connectivity index (χ3n) is 5.22. The highest BCUT2D eigenvalue weighted by atomic mass is 19.3. The first kappa shape index (κ1) is 19.4. The van der Waals surface area contributed by atoms with E-state index in [0.29, 0.717) is 54.5 Å². The van der Waals surface area contributed by atoms with Crippen LogP contribution < -0.4 is 10.6 Å². The zero-order valence-corrected chi connectivity index (χ0v) is 16.6. The Labute approximate surface area is 177 Å². The molecular formula is C22H20F2N6O. The van der Waals surface area contributed by atoms with Crippen molar-refractivity contribution in [1.82, 2.24) is 19.5 Å². The van der Waals surface area contributed by atoms with Crippen LogP contribution in [-0.4, -0.2) is 45.8 Å². The summed E-state index contributed by atoms with van der Waals surface area (Å²) in [6, 6.07) is 16.1. The maximum absolute atomic E-state index is 13.9. The van der Waals surface area contributed by atoms with E-state index in [1.165, 1.54) is 4.57 Å². The summed E-state index contributed by atoms with van der Waals surface area (Å²) in [5.74, 6) is 0.418. The topological polar surface area (TPSA) is 82.1 Å². The van der Waals surface area contributed by atoms with Crippen molar-refractivity contribution in [2.45, 2.75) is 6.43 Å². The second-order valence-corrected chi connectivity index (χ2v) is 7.23. The Balaban J connectivity index is 1.73. The number of alkyl halides is 2. The van der Waals surface area contributed by atoms with Gasteiger partial charge in [0.15, 0.2) is 5.82 Å². The zero-order chi connectivity index (χ0) is 21.4. The Bertz CT molecular complexity index is 1220. The molecular weight excluding hydrogens is 402 g/mol. The molecule has 0 aliphatic carbocycles. The number of fused-ring (bicyclic) bond motifs is 1. The number of nitrogens with zero attached hydrogens (tertiary/aromatic N) is 5. The molecule has 1 aliphatic heterocycles. The van der Waals surface area contributed by atoms with Crippen molar-refractivity contribution in [3.63, 3.8) is 0 Å². The highest BCUT2D eigenvalue weighted by Crippen LogP contribution is 2.30. The zero-order valence-electron chi connectivity index (χ0n) is 16.6. The fraction of sp³-hybridized carbons (Fsp3) is 0.227. The summed E-state index contributed by atoms with van der Waals surface area (Å²) in [6.45, 7) is 2.47. The lowest BCUT2D eigenvalue weighted by molar-refractivity contribution is 0.122.